The van der Waals surface area contributed by atoms with E-state index >= 15 is 0 Å². The van der Waals surface area contributed by atoms with Crippen molar-refractivity contribution in [2.75, 3.05) is 13.1 Å². The van der Waals surface area contributed by atoms with E-state index in [1.807, 2.05) is 60.7 Å². The summed E-state index contributed by atoms with van der Waals surface area (Å²) in [6.07, 6.45) is 0.476. The molecule has 0 unspecified atom stereocenters. The molecule has 0 aliphatic carbocycles. The molecule has 1 fully saturated rings. The molecular formula is C22H25N3O4. The lowest BCUT2D eigenvalue weighted by Crippen LogP contribution is -2.56. The molecule has 29 heavy (non-hydrogen) atoms. The summed E-state index contributed by atoms with van der Waals surface area (Å²) in [5.41, 5.74) is 5.84. The predicted octanol–water partition coefficient (Wildman–Crippen LogP) is 2.52. The zero-order valence-corrected chi connectivity index (χ0v) is 16.4. The molecule has 2 aromatic carbocycles. The van der Waals surface area contributed by atoms with E-state index in [0.29, 0.717) is 25.9 Å². The van der Waals surface area contributed by atoms with Crippen LogP contribution >= 0.6 is 0 Å². The lowest BCUT2D eigenvalue weighted by Gasteiger charge is -2.40. The standard InChI is InChI=1S/C22H25N3O4/c1-17(26)23-24-20(27)22(19-10-6-3-7-11-19)12-14-25(15-13-22)21(28)29-16-18-8-4-2-5-9-18/h2-11H,12-16H2,1H3,(H,23,26)(H,24,27). The molecule has 152 valence electrons. The summed E-state index contributed by atoms with van der Waals surface area (Å²) < 4.78 is 5.41. The molecule has 2 aromatic rings. The average molecular weight is 395 g/mol. The highest BCUT2D eigenvalue weighted by molar-refractivity contribution is 5.90. The molecule has 2 N–H and O–H groups in total. The minimum Gasteiger partial charge on any atom is -0.445 e. The number of carbonyl (C=O) groups is 3. The molecule has 0 atom stereocenters. The second-order valence-corrected chi connectivity index (χ2v) is 7.11. The van der Waals surface area contributed by atoms with Crippen LogP contribution in [-0.2, 0) is 26.3 Å². The van der Waals surface area contributed by atoms with E-state index < -0.39 is 11.5 Å². The molecule has 0 saturated carbocycles. The third-order valence-corrected chi connectivity index (χ3v) is 5.19. The topological polar surface area (TPSA) is 87.7 Å². The van der Waals surface area contributed by atoms with Gasteiger partial charge in [0.2, 0.25) is 11.8 Å². The van der Waals surface area contributed by atoms with Gasteiger partial charge in [-0.1, -0.05) is 60.7 Å². The molecule has 1 aliphatic heterocycles. The SMILES string of the molecule is CC(=O)NNC(=O)C1(c2ccccc2)CCN(C(=O)OCc2ccccc2)CC1. The van der Waals surface area contributed by atoms with Gasteiger partial charge in [0, 0.05) is 20.0 Å². The second kappa shape index (κ2) is 9.23. The highest BCUT2D eigenvalue weighted by atomic mass is 16.6. The zero-order valence-electron chi connectivity index (χ0n) is 16.4. The first-order valence-electron chi connectivity index (χ1n) is 9.59. The minimum absolute atomic E-state index is 0.211. The van der Waals surface area contributed by atoms with Gasteiger partial charge in [-0.25, -0.2) is 4.79 Å². The highest BCUT2D eigenvalue weighted by Gasteiger charge is 2.44. The largest absolute Gasteiger partial charge is 0.445 e. The summed E-state index contributed by atoms with van der Waals surface area (Å²) in [4.78, 5) is 38.2. The molecule has 3 amide bonds. The second-order valence-electron chi connectivity index (χ2n) is 7.11. The summed E-state index contributed by atoms with van der Waals surface area (Å²) in [5, 5.41) is 0. The van der Waals surface area contributed by atoms with Crippen LogP contribution in [0, 0.1) is 0 Å². The Morgan fingerprint density at radius 1 is 0.931 bits per heavy atom. The third-order valence-electron chi connectivity index (χ3n) is 5.19. The summed E-state index contributed by atoms with van der Waals surface area (Å²) in [6, 6.07) is 18.9. The molecular weight excluding hydrogens is 370 g/mol. The lowest BCUT2D eigenvalue weighted by atomic mass is 9.72. The van der Waals surface area contributed by atoms with Crippen LogP contribution in [0.25, 0.3) is 0 Å². The van der Waals surface area contributed by atoms with Crippen molar-refractivity contribution in [3.8, 4) is 0 Å². The molecule has 0 spiro atoms. The minimum atomic E-state index is -0.820. The number of nitrogens with zero attached hydrogens (tertiary/aromatic N) is 1. The van der Waals surface area contributed by atoms with Gasteiger partial charge in [0.05, 0.1) is 5.41 Å². The van der Waals surface area contributed by atoms with Crippen LogP contribution in [0.2, 0.25) is 0 Å². The first-order chi connectivity index (χ1) is 14.0. The Kier molecular flexibility index (Phi) is 6.49. The molecule has 1 saturated heterocycles. The summed E-state index contributed by atoms with van der Waals surface area (Å²) in [5.74, 6) is -0.625. The van der Waals surface area contributed by atoms with Gasteiger partial charge in [0.15, 0.2) is 0 Å². The van der Waals surface area contributed by atoms with E-state index in [9.17, 15) is 14.4 Å². The van der Waals surface area contributed by atoms with Crippen molar-refractivity contribution in [1.82, 2.24) is 15.8 Å². The van der Waals surface area contributed by atoms with Gasteiger partial charge in [-0.2, -0.15) is 0 Å². The van der Waals surface area contributed by atoms with Crippen LogP contribution in [0.4, 0.5) is 4.79 Å². The number of benzene rings is 2. The van der Waals surface area contributed by atoms with Crippen molar-refractivity contribution in [1.29, 1.82) is 0 Å². The normalized spacial score (nSPS) is 15.3. The number of ether oxygens (including phenoxy) is 1. The molecule has 0 bridgehead atoms. The number of likely N-dealkylation sites (tertiary alicyclic amines) is 1. The van der Waals surface area contributed by atoms with E-state index in [4.69, 9.17) is 4.74 Å². The van der Waals surface area contributed by atoms with E-state index in [0.717, 1.165) is 11.1 Å². The Morgan fingerprint density at radius 3 is 2.10 bits per heavy atom. The van der Waals surface area contributed by atoms with Crippen molar-refractivity contribution < 1.29 is 19.1 Å². The Hall–Kier alpha value is -3.35. The van der Waals surface area contributed by atoms with Crippen molar-refractivity contribution in [2.24, 2.45) is 0 Å². The highest BCUT2D eigenvalue weighted by Crippen LogP contribution is 2.36. The maximum Gasteiger partial charge on any atom is 0.410 e. The van der Waals surface area contributed by atoms with Crippen molar-refractivity contribution >= 4 is 17.9 Å². The fraction of sp³-hybridized carbons (Fsp3) is 0.318. The Morgan fingerprint density at radius 2 is 1.52 bits per heavy atom. The maximum absolute atomic E-state index is 13.0. The van der Waals surface area contributed by atoms with Crippen LogP contribution < -0.4 is 10.9 Å². The third kappa shape index (κ3) is 4.93. The molecule has 0 radical (unpaired) electrons. The van der Waals surface area contributed by atoms with Crippen LogP contribution in [0.1, 0.15) is 30.9 Å². The average Bonchev–Trinajstić information content (AvgIpc) is 2.77. The Bertz CT molecular complexity index is 847. The zero-order chi connectivity index (χ0) is 20.7. The van der Waals surface area contributed by atoms with Gasteiger partial charge in [-0.3, -0.25) is 20.4 Å². The molecule has 7 heteroatoms. The number of piperidine rings is 1. The van der Waals surface area contributed by atoms with Gasteiger partial charge in [-0.05, 0) is 24.0 Å². The first kappa shape index (κ1) is 20.4. The molecule has 1 aliphatic rings. The summed E-state index contributed by atoms with van der Waals surface area (Å²) in [7, 11) is 0. The number of amides is 3. The predicted molar refractivity (Wildman–Crippen MR) is 108 cm³/mol. The van der Waals surface area contributed by atoms with E-state index in [1.165, 1.54) is 6.92 Å². The Labute approximate surface area is 170 Å². The lowest BCUT2D eigenvalue weighted by molar-refractivity contribution is -0.133. The van der Waals surface area contributed by atoms with E-state index in [-0.39, 0.29) is 18.4 Å². The van der Waals surface area contributed by atoms with E-state index in [1.54, 1.807) is 4.90 Å². The quantitative estimate of drug-likeness (QED) is 0.779. The number of nitrogens with one attached hydrogen (secondary N) is 2. The van der Waals surface area contributed by atoms with Gasteiger partial charge in [-0.15, -0.1) is 0 Å². The first-order valence-corrected chi connectivity index (χ1v) is 9.59. The molecule has 1 heterocycles. The molecule has 3 rings (SSSR count). The van der Waals surface area contributed by atoms with Crippen molar-refractivity contribution in [2.45, 2.75) is 31.8 Å². The van der Waals surface area contributed by atoms with Crippen LogP contribution in [0.5, 0.6) is 0 Å². The summed E-state index contributed by atoms with van der Waals surface area (Å²) in [6.45, 7) is 2.32. The number of carbonyl (C=O) groups excluding carboxylic acids is 3. The number of hydrogen-bond donors (Lipinski definition) is 2. The smallest absolute Gasteiger partial charge is 0.410 e. The summed E-state index contributed by atoms with van der Waals surface area (Å²) >= 11 is 0. The van der Waals surface area contributed by atoms with Crippen molar-refractivity contribution in [3.63, 3.8) is 0 Å². The van der Waals surface area contributed by atoms with Crippen LogP contribution in [-0.4, -0.2) is 35.9 Å². The molecule has 0 aromatic heterocycles. The molecule has 7 nitrogen and oxygen atoms in total. The van der Waals surface area contributed by atoms with E-state index in [2.05, 4.69) is 10.9 Å². The van der Waals surface area contributed by atoms with Gasteiger partial charge in [0.25, 0.3) is 0 Å². The number of hydrogen-bond acceptors (Lipinski definition) is 4. The van der Waals surface area contributed by atoms with Gasteiger partial charge < -0.3 is 9.64 Å². The Balaban J connectivity index is 1.66. The number of rotatable bonds is 4. The van der Waals surface area contributed by atoms with Crippen LogP contribution in [0.15, 0.2) is 60.7 Å². The maximum atomic E-state index is 13.0. The number of hydrazine groups is 1. The fourth-order valence-electron chi connectivity index (χ4n) is 3.55. The van der Waals surface area contributed by atoms with Gasteiger partial charge in [0.1, 0.15) is 6.61 Å². The van der Waals surface area contributed by atoms with Gasteiger partial charge >= 0.3 is 6.09 Å². The van der Waals surface area contributed by atoms with Crippen LogP contribution in [0.3, 0.4) is 0 Å². The van der Waals surface area contributed by atoms with Crippen molar-refractivity contribution in [3.05, 3.63) is 71.8 Å². The fourth-order valence-corrected chi connectivity index (χ4v) is 3.55. The monoisotopic (exact) mass is 395 g/mol.